The van der Waals surface area contributed by atoms with Crippen LogP contribution in [0, 0.1) is 0 Å². The van der Waals surface area contributed by atoms with Gasteiger partial charge in [-0.2, -0.15) is 13.2 Å². The fourth-order valence-corrected chi connectivity index (χ4v) is 2.58. The van der Waals surface area contributed by atoms with Crippen molar-refractivity contribution in [1.29, 1.82) is 0 Å². The van der Waals surface area contributed by atoms with Crippen LogP contribution >= 0.6 is 15.9 Å². The molecule has 0 bridgehead atoms. The van der Waals surface area contributed by atoms with Crippen LogP contribution in [0.3, 0.4) is 0 Å². The van der Waals surface area contributed by atoms with E-state index in [1.165, 1.54) is 24.3 Å². The van der Waals surface area contributed by atoms with Crippen molar-refractivity contribution < 1.29 is 17.6 Å². The average molecular weight is 369 g/mol. The highest BCUT2D eigenvalue weighted by Gasteiger charge is 2.34. The molecule has 0 spiro atoms. The molecule has 0 aliphatic rings. The third-order valence-electron chi connectivity index (χ3n) is 3.22. The van der Waals surface area contributed by atoms with E-state index in [-0.39, 0.29) is 11.1 Å². The molecule has 0 aliphatic heterocycles. The molecule has 0 atom stereocenters. The molecule has 0 unspecified atom stereocenters. The lowest BCUT2D eigenvalue weighted by Crippen LogP contribution is -2.10. The summed E-state index contributed by atoms with van der Waals surface area (Å²) in [6.07, 6.45) is -4.54. The minimum absolute atomic E-state index is 0.109. The van der Waals surface area contributed by atoms with Gasteiger partial charge in [-0.3, -0.25) is 0 Å². The van der Waals surface area contributed by atoms with Crippen LogP contribution in [0.1, 0.15) is 5.56 Å². The number of hydrogen-bond donors (Lipinski definition) is 0. The third kappa shape index (κ3) is 2.66. The average Bonchev–Trinajstić information content (AvgIpc) is 2.45. The zero-order valence-corrected chi connectivity index (χ0v) is 12.5. The number of hydrogen-bond acceptors (Lipinski definition) is 2. The van der Waals surface area contributed by atoms with Gasteiger partial charge >= 0.3 is 11.8 Å². The van der Waals surface area contributed by atoms with Gasteiger partial charge in [-0.05, 0) is 24.3 Å². The summed E-state index contributed by atoms with van der Waals surface area (Å²) < 4.78 is 45.1. The van der Waals surface area contributed by atoms with E-state index in [0.29, 0.717) is 15.4 Å². The maximum absolute atomic E-state index is 13.1. The fourth-order valence-electron chi connectivity index (χ4n) is 2.24. The molecule has 1 heterocycles. The first-order chi connectivity index (χ1) is 10.4. The van der Waals surface area contributed by atoms with Crippen molar-refractivity contribution in [2.24, 2.45) is 0 Å². The highest BCUT2D eigenvalue weighted by molar-refractivity contribution is 9.10. The molecule has 0 aliphatic carbocycles. The van der Waals surface area contributed by atoms with E-state index in [1.807, 2.05) is 0 Å². The van der Waals surface area contributed by atoms with Gasteiger partial charge in [-0.25, -0.2) is 4.79 Å². The summed E-state index contributed by atoms with van der Waals surface area (Å²) >= 11 is 3.25. The molecule has 0 amide bonds. The van der Waals surface area contributed by atoms with E-state index in [1.54, 1.807) is 18.2 Å². The molecule has 0 saturated heterocycles. The molecule has 112 valence electrons. The van der Waals surface area contributed by atoms with Gasteiger partial charge in [-0.1, -0.05) is 40.2 Å². The Morgan fingerprint density at radius 3 is 2.41 bits per heavy atom. The number of fused-ring (bicyclic) bond motifs is 1. The topological polar surface area (TPSA) is 30.2 Å². The van der Waals surface area contributed by atoms with Crippen LogP contribution in [-0.2, 0) is 6.18 Å². The predicted molar refractivity (Wildman–Crippen MR) is 80.6 cm³/mol. The monoisotopic (exact) mass is 368 g/mol. The molecule has 0 radical (unpaired) electrons. The van der Waals surface area contributed by atoms with E-state index in [9.17, 15) is 18.0 Å². The minimum atomic E-state index is -4.54. The molecule has 2 nitrogen and oxygen atoms in total. The van der Waals surface area contributed by atoms with Gasteiger partial charge in [0, 0.05) is 15.4 Å². The van der Waals surface area contributed by atoms with Gasteiger partial charge in [0.2, 0.25) is 0 Å². The summed E-state index contributed by atoms with van der Waals surface area (Å²) in [4.78, 5) is 12.1. The highest BCUT2D eigenvalue weighted by atomic mass is 79.9. The van der Waals surface area contributed by atoms with Crippen LogP contribution in [0.25, 0.3) is 22.1 Å². The van der Waals surface area contributed by atoms with Gasteiger partial charge in [0.05, 0.1) is 11.1 Å². The zero-order valence-electron chi connectivity index (χ0n) is 10.9. The first-order valence-corrected chi connectivity index (χ1v) is 7.05. The van der Waals surface area contributed by atoms with Crippen LogP contribution in [0.4, 0.5) is 13.2 Å². The standard InChI is InChI=1S/C16H8BrF3O2/c17-10-6-5-9-7-12(15(21)22-14(9)8-10)11-3-1-2-4-13(11)16(18,19)20/h1-8H. The number of benzene rings is 2. The molecule has 2 aromatic carbocycles. The van der Waals surface area contributed by atoms with E-state index in [2.05, 4.69) is 15.9 Å². The number of halogens is 4. The Hall–Kier alpha value is -2.08. The maximum atomic E-state index is 13.1. The Kier molecular flexibility index (Phi) is 3.56. The summed E-state index contributed by atoms with van der Waals surface area (Å²) in [6.45, 7) is 0. The Morgan fingerprint density at radius 2 is 1.68 bits per heavy atom. The predicted octanol–water partition coefficient (Wildman–Crippen LogP) is 5.24. The van der Waals surface area contributed by atoms with Crippen LogP contribution in [-0.4, -0.2) is 0 Å². The van der Waals surface area contributed by atoms with Crippen molar-refractivity contribution >= 4 is 26.9 Å². The molecule has 1 aromatic heterocycles. The molecule has 6 heteroatoms. The summed E-state index contributed by atoms with van der Waals surface area (Å²) in [5, 5.41) is 0.551. The Labute approximate surface area is 131 Å². The first kappa shape index (κ1) is 14.8. The third-order valence-corrected chi connectivity index (χ3v) is 3.71. The second kappa shape index (κ2) is 5.28. The quantitative estimate of drug-likeness (QED) is 0.549. The van der Waals surface area contributed by atoms with Crippen molar-refractivity contribution in [1.82, 2.24) is 0 Å². The normalized spacial score (nSPS) is 11.8. The molecular weight excluding hydrogens is 361 g/mol. The van der Waals surface area contributed by atoms with Crippen molar-refractivity contribution in [3.63, 3.8) is 0 Å². The Morgan fingerprint density at radius 1 is 0.955 bits per heavy atom. The van der Waals surface area contributed by atoms with Crippen molar-refractivity contribution in [3.05, 3.63) is 69.0 Å². The Balaban J connectivity index is 2.30. The molecule has 3 aromatic rings. The fraction of sp³-hybridized carbons (Fsp3) is 0.0625. The van der Waals surface area contributed by atoms with Gasteiger partial charge < -0.3 is 4.42 Å². The van der Waals surface area contributed by atoms with E-state index < -0.39 is 17.4 Å². The molecule has 0 fully saturated rings. The molecule has 22 heavy (non-hydrogen) atoms. The van der Waals surface area contributed by atoms with Gasteiger partial charge in [0.15, 0.2) is 0 Å². The van der Waals surface area contributed by atoms with Crippen molar-refractivity contribution in [2.45, 2.75) is 6.18 Å². The molecule has 0 N–H and O–H groups in total. The van der Waals surface area contributed by atoms with Gasteiger partial charge in [-0.15, -0.1) is 0 Å². The second-order valence-corrected chi connectivity index (χ2v) is 5.59. The smallest absolute Gasteiger partial charge is 0.417 e. The van der Waals surface area contributed by atoms with Gasteiger partial charge in [0.25, 0.3) is 0 Å². The SMILES string of the molecule is O=c1oc2cc(Br)ccc2cc1-c1ccccc1C(F)(F)F. The lowest BCUT2D eigenvalue weighted by molar-refractivity contribution is -0.137. The summed E-state index contributed by atoms with van der Waals surface area (Å²) in [5.74, 6) is 0. The van der Waals surface area contributed by atoms with E-state index in [0.717, 1.165) is 6.07 Å². The summed E-state index contributed by atoms with van der Waals surface area (Å²) in [5.41, 5.74) is -1.65. The summed E-state index contributed by atoms with van der Waals surface area (Å²) in [7, 11) is 0. The lowest BCUT2D eigenvalue weighted by atomic mass is 10.00. The van der Waals surface area contributed by atoms with Crippen molar-refractivity contribution in [2.75, 3.05) is 0 Å². The first-order valence-electron chi connectivity index (χ1n) is 6.26. The minimum Gasteiger partial charge on any atom is -0.422 e. The molecule has 3 rings (SSSR count). The lowest BCUT2D eigenvalue weighted by Gasteiger charge is -2.12. The number of rotatable bonds is 1. The summed E-state index contributed by atoms with van der Waals surface area (Å²) in [6, 6.07) is 11.3. The second-order valence-electron chi connectivity index (χ2n) is 4.67. The van der Waals surface area contributed by atoms with Crippen LogP contribution in [0.5, 0.6) is 0 Å². The van der Waals surface area contributed by atoms with Crippen LogP contribution < -0.4 is 5.63 Å². The maximum Gasteiger partial charge on any atom is 0.417 e. The van der Waals surface area contributed by atoms with Crippen LogP contribution in [0.2, 0.25) is 0 Å². The van der Waals surface area contributed by atoms with E-state index >= 15 is 0 Å². The van der Waals surface area contributed by atoms with E-state index in [4.69, 9.17) is 4.42 Å². The highest BCUT2D eigenvalue weighted by Crippen LogP contribution is 2.36. The Bertz CT molecular complexity index is 913. The number of alkyl halides is 3. The largest absolute Gasteiger partial charge is 0.422 e. The van der Waals surface area contributed by atoms with Crippen LogP contribution in [0.15, 0.2) is 62.2 Å². The molecule has 0 saturated carbocycles. The van der Waals surface area contributed by atoms with Gasteiger partial charge in [0.1, 0.15) is 5.58 Å². The zero-order chi connectivity index (χ0) is 15.9. The molecular formula is C16H8BrF3O2. The van der Waals surface area contributed by atoms with Crippen molar-refractivity contribution in [3.8, 4) is 11.1 Å².